The lowest BCUT2D eigenvalue weighted by molar-refractivity contribution is 1.18. The van der Waals surface area contributed by atoms with Crippen LogP contribution in [0.2, 0.25) is 0 Å². The van der Waals surface area contributed by atoms with Crippen LogP contribution in [-0.2, 0) is 0 Å². The molecule has 1 heterocycles. The second-order valence-corrected chi connectivity index (χ2v) is 8.79. The Bertz CT molecular complexity index is 1540. The van der Waals surface area contributed by atoms with Crippen LogP contribution >= 0.6 is 0 Å². The molecule has 1 aromatic heterocycles. The number of para-hydroxylation sites is 2. The molecule has 5 aromatic carbocycles. The maximum atomic E-state index is 4.51. The second kappa shape index (κ2) is 10.3. The van der Waals surface area contributed by atoms with Gasteiger partial charge in [0.05, 0.1) is 11.4 Å². The summed E-state index contributed by atoms with van der Waals surface area (Å²) < 4.78 is 0. The van der Waals surface area contributed by atoms with Crippen molar-refractivity contribution < 1.29 is 0 Å². The van der Waals surface area contributed by atoms with Crippen molar-refractivity contribution in [1.29, 1.82) is 0 Å². The molecule has 0 spiro atoms. The zero-order valence-electron chi connectivity index (χ0n) is 20.3. The first kappa shape index (κ1) is 22.4. The van der Waals surface area contributed by atoms with Gasteiger partial charge in [-0.1, -0.05) is 103 Å². The summed E-state index contributed by atoms with van der Waals surface area (Å²) in [5.74, 6) is 0. The molecule has 0 aliphatic carbocycles. The molecule has 0 aliphatic rings. The van der Waals surface area contributed by atoms with Crippen LogP contribution in [0.4, 0.5) is 17.1 Å². The number of nitrogens with zero attached hydrogens (tertiary/aromatic N) is 3. The summed E-state index contributed by atoms with van der Waals surface area (Å²) >= 11 is 0. The van der Waals surface area contributed by atoms with Gasteiger partial charge in [-0.2, -0.15) is 0 Å². The van der Waals surface area contributed by atoms with Gasteiger partial charge in [0.25, 0.3) is 0 Å². The molecular weight excluding hydrogens is 450 g/mol. The lowest BCUT2D eigenvalue weighted by Gasteiger charge is -2.25. The van der Waals surface area contributed by atoms with Crippen LogP contribution in [0.5, 0.6) is 0 Å². The van der Waals surface area contributed by atoms with Gasteiger partial charge in [0.2, 0.25) is 0 Å². The van der Waals surface area contributed by atoms with Crippen molar-refractivity contribution in [2.45, 2.75) is 0 Å². The summed E-state index contributed by atoms with van der Waals surface area (Å²) in [5, 5.41) is 0. The van der Waals surface area contributed by atoms with Crippen LogP contribution in [0.25, 0.3) is 33.6 Å². The fourth-order valence-corrected chi connectivity index (χ4v) is 4.52. The van der Waals surface area contributed by atoms with Crippen molar-refractivity contribution in [2.75, 3.05) is 4.90 Å². The third-order valence-electron chi connectivity index (χ3n) is 6.40. The smallest absolute Gasteiger partial charge is 0.116 e. The maximum Gasteiger partial charge on any atom is 0.116 e. The lowest BCUT2D eigenvalue weighted by Crippen LogP contribution is -2.09. The Morgan fingerprint density at radius 2 is 0.730 bits per heavy atom. The van der Waals surface area contributed by atoms with Crippen LogP contribution in [0.1, 0.15) is 0 Å². The molecule has 0 fully saturated rings. The molecule has 3 heteroatoms. The molecule has 0 aliphatic heterocycles. The van der Waals surface area contributed by atoms with E-state index in [1.807, 2.05) is 36.4 Å². The SMILES string of the molecule is c1ccc(-c2cc(-c3ccc(-c4ccc(N(c5ccccc5)c5ccccc5)cc4)cc3)ncn2)cc1. The van der Waals surface area contributed by atoms with Gasteiger partial charge < -0.3 is 4.90 Å². The number of anilines is 3. The van der Waals surface area contributed by atoms with E-state index in [9.17, 15) is 0 Å². The number of hydrogen-bond donors (Lipinski definition) is 0. The minimum absolute atomic E-state index is 0.914. The zero-order valence-corrected chi connectivity index (χ0v) is 20.3. The van der Waals surface area contributed by atoms with E-state index in [0.717, 1.165) is 39.6 Å². The molecule has 6 aromatic rings. The Kier molecular flexibility index (Phi) is 6.25. The van der Waals surface area contributed by atoms with Crippen LogP contribution in [0.3, 0.4) is 0 Å². The van der Waals surface area contributed by atoms with Gasteiger partial charge >= 0.3 is 0 Å². The van der Waals surface area contributed by atoms with E-state index < -0.39 is 0 Å². The first-order chi connectivity index (χ1) is 18.3. The molecule has 37 heavy (non-hydrogen) atoms. The fourth-order valence-electron chi connectivity index (χ4n) is 4.52. The van der Waals surface area contributed by atoms with Gasteiger partial charge in [0.15, 0.2) is 0 Å². The van der Waals surface area contributed by atoms with Gasteiger partial charge in [0, 0.05) is 28.2 Å². The first-order valence-corrected chi connectivity index (χ1v) is 12.3. The number of rotatable bonds is 6. The molecule has 6 rings (SSSR count). The summed E-state index contributed by atoms with van der Waals surface area (Å²) in [7, 11) is 0. The summed E-state index contributed by atoms with van der Waals surface area (Å²) in [6, 6.07) is 50.4. The number of hydrogen-bond acceptors (Lipinski definition) is 3. The average molecular weight is 476 g/mol. The minimum atomic E-state index is 0.914. The van der Waals surface area contributed by atoms with E-state index in [-0.39, 0.29) is 0 Å². The third kappa shape index (κ3) is 4.89. The van der Waals surface area contributed by atoms with E-state index >= 15 is 0 Å². The van der Waals surface area contributed by atoms with Crippen molar-refractivity contribution in [3.05, 3.63) is 152 Å². The van der Waals surface area contributed by atoms with Crippen molar-refractivity contribution in [2.24, 2.45) is 0 Å². The van der Waals surface area contributed by atoms with Crippen molar-refractivity contribution >= 4 is 17.1 Å². The summed E-state index contributed by atoms with van der Waals surface area (Å²) in [4.78, 5) is 11.2. The quantitative estimate of drug-likeness (QED) is 0.241. The number of aromatic nitrogens is 2. The predicted octanol–water partition coefficient (Wildman–Crippen LogP) is 8.95. The Morgan fingerprint density at radius 1 is 0.351 bits per heavy atom. The summed E-state index contributed by atoms with van der Waals surface area (Å²) in [6.45, 7) is 0. The molecule has 0 amide bonds. The highest BCUT2D eigenvalue weighted by atomic mass is 15.1. The number of benzene rings is 5. The zero-order chi connectivity index (χ0) is 24.9. The molecule has 0 atom stereocenters. The Morgan fingerprint density at radius 3 is 1.24 bits per heavy atom. The Labute approximate surface area is 217 Å². The van der Waals surface area contributed by atoms with Crippen molar-refractivity contribution in [3.8, 4) is 33.6 Å². The highest BCUT2D eigenvalue weighted by Gasteiger charge is 2.12. The Hall–Kier alpha value is -5.02. The van der Waals surface area contributed by atoms with Crippen LogP contribution in [0.15, 0.2) is 152 Å². The minimum Gasteiger partial charge on any atom is -0.311 e. The molecule has 176 valence electrons. The molecule has 0 unspecified atom stereocenters. The molecule has 0 saturated heterocycles. The molecule has 0 N–H and O–H groups in total. The maximum absolute atomic E-state index is 4.51. The van der Waals surface area contributed by atoms with Crippen LogP contribution in [-0.4, -0.2) is 9.97 Å². The standard InChI is InChI=1S/C34H25N3/c1-4-10-28(11-5-1)33-24-34(36-25-35-33)29-18-16-26(17-19-29)27-20-22-32(23-21-27)37(30-12-6-2-7-13-30)31-14-8-3-9-15-31/h1-25H. The van der Waals surface area contributed by atoms with Gasteiger partial charge in [-0.3, -0.25) is 0 Å². The van der Waals surface area contributed by atoms with Crippen LogP contribution < -0.4 is 4.90 Å². The second-order valence-electron chi connectivity index (χ2n) is 8.79. The van der Waals surface area contributed by atoms with Crippen molar-refractivity contribution in [1.82, 2.24) is 9.97 Å². The van der Waals surface area contributed by atoms with Gasteiger partial charge in [-0.25, -0.2) is 9.97 Å². The topological polar surface area (TPSA) is 29.0 Å². The largest absolute Gasteiger partial charge is 0.311 e. The van der Waals surface area contributed by atoms with Crippen molar-refractivity contribution in [3.63, 3.8) is 0 Å². The van der Waals surface area contributed by atoms with Gasteiger partial charge in [0.1, 0.15) is 6.33 Å². The van der Waals surface area contributed by atoms with Gasteiger partial charge in [-0.05, 0) is 53.6 Å². The molecular formula is C34H25N3. The summed E-state index contributed by atoms with van der Waals surface area (Å²) in [6.07, 6.45) is 1.63. The highest BCUT2D eigenvalue weighted by Crippen LogP contribution is 2.35. The van der Waals surface area contributed by atoms with Crippen LogP contribution in [0, 0.1) is 0 Å². The fraction of sp³-hybridized carbons (Fsp3) is 0. The lowest BCUT2D eigenvalue weighted by atomic mass is 10.0. The van der Waals surface area contributed by atoms with E-state index in [0.29, 0.717) is 0 Å². The molecule has 0 radical (unpaired) electrons. The molecule has 3 nitrogen and oxygen atoms in total. The normalized spacial score (nSPS) is 10.7. The van der Waals surface area contributed by atoms with E-state index in [1.165, 1.54) is 11.1 Å². The van der Waals surface area contributed by atoms with E-state index in [4.69, 9.17) is 0 Å². The highest BCUT2D eigenvalue weighted by molar-refractivity contribution is 5.78. The van der Waals surface area contributed by atoms with E-state index in [2.05, 4.69) is 124 Å². The molecule has 0 bridgehead atoms. The van der Waals surface area contributed by atoms with Gasteiger partial charge in [-0.15, -0.1) is 0 Å². The van der Waals surface area contributed by atoms with E-state index in [1.54, 1.807) is 6.33 Å². The third-order valence-corrected chi connectivity index (χ3v) is 6.40. The predicted molar refractivity (Wildman–Crippen MR) is 153 cm³/mol. The summed E-state index contributed by atoms with van der Waals surface area (Å²) in [5.41, 5.74) is 9.71. The monoisotopic (exact) mass is 475 g/mol. The Balaban J connectivity index is 1.27. The first-order valence-electron chi connectivity index (χ1n) is 12.3. The average Bonchev–Trinajstić information content (AvgIpc) is 2.99. The molecule has 0 saturated carbocycles.